The molecule has 8 nitrogen and oxygen atoms in total. The molecule has 1 unspecified atom stereocenters. The molecule has 176 valence electrons. The van der Waals surface area contributed by atoms with Gasteiger partial charge in [-0.25, -0.2) is 13.2 Å². The van der Waals surface area contributed by atoms with Gasteiger partial charge in [-0.1, -0.05) is 6.92 Å². The molecule has 0 spiro atoms. The van der Waals surface area contributed by atoms with Gasteiger partial charge < -0.3 is 10.4 Å². The van der Waals surface area contributed by atoms with Crippen LogP contribution in [0, 0.1) is 11.8 Å². The molecule has 9 heteroatoms. The van der Waals surface area contributed by atoms with E-state index in [9.17, 15) is 23.1 Å². The van der Waals surface area contributed by atoms with E-state index in [-0.39, 0.29) is 35.4 Å². The number of aromatic nitrogens is 1. The summed E-state index contributed by atoms with van der Waals surface area (Å²) in [5.74, 6) is -0.827. The Morgan fingerprint density at radius 3 is 2.52 bits per heavy atom. The third-order valence-corrected chi connectivity index (χ3v) is 9.06. The molecule has 1 aromatic carbocycles. The number of carboxylic acid groups (broad SMARTS) is 1. The normalized spacial score (nSPS) is 22.2. The molecule has 2 fully saturated rings. The van der Waals surface area contributed by atoms with E-state index in [4.69, 9.17) is 0 Å². The highest BCUT2D eigenvalue weighted by molar-refractivity contribution is 7.89. The highest BCUT2D eigenvalue weighted by atomic mass is 32.2. The van der Waals surface area contributed by atoms with Crippen LogP contribution in [-0.2, 0) is 27.7 Å². The molecule has 1 atom stereocenters. The van der Waals surface area contributed by atoms with Gasteiger partial charge in [0.05, 0.1) is 16.0 Å². The summed E-state index contributed by atoms with van der Waals surface area (Å²) in [7, 11) is -3.81. The summed E-state index contributed by atoms with van der Waals surface area (Å²) in [4.78, 5) is 29.3. The maximum absolute atomic E-state index is 13.4. The van der Waals surface area contributed by atoms with E-state index in [1.54, 1.807) is 6.07 Å². The topological polar surface area (TPSA) is 117 Å². The van der Waals surface area contributed by atoms with Crippen LogP contribution in [0.1, 0.15) is 60.6 Å². The number of sulfonamides is 1. The average Bonchev–Trinajstić information content (AvgIpc) is 3.61. The van der Waals surface area contributed by atoms with E-state index in [0.29, 0.717) is 42.1 Å². The number of piperidine rings is 1. The van der Waals surface area contributed by atoms with Crippen molar-refractivity contribution in [2.24, 2.45) is 11.8 Å². The van der Waals surface area contributed by atoms with Gasteiger partial charge in [0.1, 0.15) is 0 Å². The first-order valence-electron chi connectivity index (χ1n) is 11.7. The zero-order valence-electron chi connectivity index (χ0n) is 18.7. The number of benzene rings is 1. The van der Waals surface area contributed by atoms with Crippen molar-refractivity contribution in [3.8, 4) is 0 Å². The molecule has 1 saturated carbocycles. The van der Waals surface area contributed by atoms with Crippen LogP contribution >= 0.6 is 0 Å². The maximum Gasteiger partial charge on any atom is 0.336 e. The van der Waals surface area contributed by atoms with Crippen molar-refractivity contribution in [2.45, 2.75) is 62.8 Å². The molecule has 2 N–H and O–H groups in total. The number of hydrogen-bond acceptors (Lipinski definition) is 5. The van der Waals surface area contributed by atoms with E-state index in [0.717, 1.165) is 36.9 Å². The molecule has 2 heterocycles. The van der Waals surface area contributed by atoms with Crippen LogP contribution in [0.4, 0.5) is 0 Å². The first kappa shape index (κ1) is 22.3. The van der Waals surface area contributed by atoms with Crippen LogP contribution < -0.4 is 5.32 Å². The third-order valence-electron chi connectivity index (χ3n) is 7.17. The molecule has 5 rings (SSSR count). The largest absolute Gasteiger partial charge is 0.478 e. The van der Waals surface area contributed by atoms with Crippen LogP contribution in [-0.4, -0.2) is 53.8 Å². The lowest BCUT2D eigenvalue weighted by atomic mass is 9.84. The SMILES string of the molecule is CC1CCc2nc3ccc(S(=O)(=O)N4CCC(C(=O)NC5CC5)CC4)cc3c(C(=O)O)c2C1. The Morgan fingerprint density at radius 2 is 1.85 bits per heavy atom. The molecule has 1 aliphatic heterocycles. The summed E-state index contributed by atoms with van der Waals surface area (Å²) in [5.41, 5.74) is 2.22. The predicted molar refractivity (Wildman–Crippen MR) is 123 cm³/mol. The summed E-state index contributed by atoms with van der Waals surface area (Å²) in [5, 5.41) is 13.4. The van der Waals surface area contributed by atoms with E-state index >= 15 is 0 Å². The summed E-state index contributed by atoms with van der Waals surface area (Å²) >= 11 is 0. The van der Waals surface area contributed by atoms with Gasteiger partial charge >= 0.3 is 5.97 Å². The Hall–Kier alpha value is -2.52. The molecule has 1 saturated heterocycles. The summed E-state index contributed by atoms with van der Waals surface area (Å²) < 4.78 is 28.2. The van der Waals surface area contributed by atoms with E-state index in [2.05, 4.69) is 17.2 Å². The Morgan fingerprint density at radius 1 is 1.12 bits per heavy atom. The molecule has 0 radical (unpaired) electrons. The van der Waals surface area contributed by atoms with Crippen LogP contribution in [0.3, 0.4) is 0 Å². The number of carbonyl (C=O) groups is 2. The van der Waals surface area contributed by atoms with E-state index < -0.39 is 16.0 Å². The summed E-state index contributed by atoms with van der Waals surface area (Å²) in [6.45, 7) is 2.64. The number of aromatic carboxylic acids is 1. The smallest absolute Gasteiger partial charge is 0.336 e. The van der Waals surface area contributed by atoms with Gasteiger partial charge in [-0.05, 0) is 74.6 Å². The second kappa shape index (κ2) is 8.36. The number of amides is 1. The minimum atomic E-state index is -3.81. The number of pyridine rings is 1. The van der Waals surface area contributed by atoms with Gasteiger partial charge in [0.2, 0.25) is 15.9 Å². The lowest BCUT2D eigenvalue weighted by Crippen LogP contribution is -2.43. The van der Waals surface area contributed by atoms with Crippen molar-refractivity contribution >= 4 is 32.8 Å². The minimum Gasteiger partial charge on any atom is -0.478 e. The van der Waals surface area contributed by atoms with Crippen LogP contribution in [0.25, 0.3) is 10.9 Å². The van der Waals surface area contributed by atoms with Crippen molar-refractivity contribution in [1.29, 1.82) is 0 Å². The fourth-order valence-electron chi connectivity index (χ4n) is 5.05. The van der Waals surface area contributed by atoms with Crippen molar-refractivity contribution in [2.75, 3.05) is 13.1 Å². The molecular weight excluding hydrogens is 442 g/mol. The van der Waals surface area contributed by atoms with Gasteiger partial charge in [-0.15, -0.1) is 0 Å². The number of nitrogens with zero attached hydrogens (tertiary/aromatic N) is 2. The fraction of sp³-hybridized carbons (Fsp3) is 0.542. The maximum atomic E-state index is 13.4. The summed E-state index contributed by atoms with van der Waals surface area (Å²) in [6, 6.07) is 4.89. The Balaban J connectivity index is 1.44. The number of nitrogens with one attached hydrogen (secondary N) is 1. The second-order valence-electron chi connectivity index (χ2n) is 9.71. The number of aryl methyl sites for hydroxylation is 1. The third kappa shape index (κ3) is 4.24. The van der Waals surface area contributed by atoms with Crippen molar-refractivity contribution in [3.63, 3.8) is 0 Å². The van der Waals surface area contributed by atoms with Crippen molar-refractivity contribution in [3.05, 3.63) is 35.0 Å². The quantitative estimate of drug-likeness (QED) is 0.693. The van der Waals surface area contributed by atoms with E-state index in [1.165, 1.54) is 16.4 Å². The van der Waals surface area contributed by atoms with Gasteiger partial charge in [-0.2, -0.15) is 4.31 Å². The van der Waals surface area contributed by atoms with Crippen molar-refractivity contribution < 1.29 is 23.1 Å². The number of carboxylic acids is 1. The van der Waals surface area contributed by atoms with Gasteiger partial charge in [0, 0.05) is 36.1 Å². The monoisotopic (exact) mass is 471 g/mol. The number of carbonyl (C=O) groups excluding carboxylic acids is 1. The number of rotatable bonds is 5. The zero-order chi connectivity index (χ0) is 23.3. The second-order valence-corrected chi connectivity index (χ2v) is 11.6. The standard InChI is InChI=1S/C24H29N3O5S/c1-14-2-6-20-18(12-14)22(24(29)30)19-13-17(5-7-21(19)26-20)33(31,32)27-10-8-15(9-11-27)23(28)25-16-3-4-16/h5,7,13-16H,2-4,6,8-12H2,1H3,(H,25,28)(H,29,30). The van der Waals surface area contributed by atoms with Gasteiger partial charge in [-0.3, -0.25) is 9.78 Å². The van der Waals surface area contributed by atoms with Gasteiger partial charge in [0.25, 0.3) is 0 Å². The lowest BCUT2D eigenvalue weighted by Gasteiger charge is -2.30. The Bertz CT molecular complexity index is 1230. The zero-order valence-corrected chi connectivity index (χ0v) is 19.5. The van der Waals surface area contributed by atoms with Gasteiger partial charge in [0.15, 0.2) is 0 Å². The molecule has 2 aromatic rings. The molecule has 1 amide bonds. The average molecular weight is 472 g/mol. The molecule has 3 aliphatic rings. The van der Waals surface area contributed by atoms with Crippen molar-refractivity contribution in [1.82, 2.24) is 14.6 Å². The van der Waals surface area contributed by atoms with Crippen LogP contribution in [0.5, 0.6) is 0 Å². The predicted octanol–water partition coefficient (Wildman–Crippen LogP) is 2.74. The number of fused-ring (bicyclic) bond motifs is 2. The summed E-state index contributed by atoms with van der Waals surface area (Å²) in [6.07, 6.45) is 5.35. The lowest BCUT2D eigenvalue weighted by molar-refractivity contribution is -0.126. The van der Waals surface area contributed by atoms with Crippen LogP contribution in [0.15, 0.2) is 23.1 Å². The molecular formula is C24H29N3O5S. The minimum absolute atomic E-state index is 0.0245. The number of hydrogen-bond donors (Lipinski definition) is 2. The molecule has 33 heavy (non-hydrogen) atoms. The molecule has 2 aliphatic carbocycles. The van der Waals surface area contributed by atoms with E-state index in [1.807, 2.05) is 0 Å². The first-order chi connectivity index (χ1) is 15.7. The molecule has 0 bridgehead atoms. The fourth-order valence-corrected chi connectivity index (χ4v) is 6.55. The Labute approximate surface area is 193 Å². The molecule has 1 aromatic heterocycles. The van der Waals surface area contributed by atoms with Crippen LogP contribution in [0.2, 0.25) is 0 Å². The Kier molecular flexibility index (Phi) is 5.64. The first-order valence-corrected chi connectivity index (χ1v) is 13.2. The highest BCUT2D eigenvalue weighted by Gasteiger charge is 2.34. The highest BCUT2D eigenvalue weighted by Crippen LogP contribution is 2.34.